The summed E-state index contributed by atoms with van der Waals surface area (Å²) in [5.74, 6) is 0.722. The van der Waals surface area contributed by atoms with Gasteiger partial charge in [0, 0.05) is 28.5 Å². The van der Waals surface area contributed by atoms with Gasteiger partial charge in [-0.1, -0.05) is 54.6 Å². The maximum Gasteiger partial charge on any atom is 0.339 e. The van der Waals surface area contributed by atoms with Crippen molar-refractivity contribution in [1.82, 2.24) is 14.6 Å². The third kappa shape index (κ3) is 6.08. The Kier molecular flexibility index (Phi) is 8.18. The molecule has 1 unspecified atom stereocenters. The van der Waals surface area contributed by atoms with Crippen molar-refractivity contribution in [3.63, 3.8) is 0 Å². The van der Waals surface area contributed by atoms with Gasteiger partial charge >= 0.3 is 5.97 Å². The summed E-state index contributed by atoms with van der Waals surface area (Å²) in [6.45, 7) is 8.42. The standard InChI is InChI=1S/C40H41N3O4/c1-25-36(38(39(44)45-5)47-40(2,3)4)37-30-18-19-34-32(23-30)27(20-21-46-34)13-8-6-7-12-26-14-9-10-17-31(26)28-15-11-16-29(22-28)33-24-35(41-25)43(37)42-33/h6,8-11,14-19,22-24,27,38H,7,12-13,20-21H2,1-5H3/t27?,38-/m0/s1. The number of benzene rings is 3. The van der Waals surface area contributed by atoms with Crippen molar-refractivity contribution in [2.24, 2.45) is 0 Å². The van der Waals surface area contributed by atoms with Crippen LogP contribution in [0.5, 0.6) is 5.75 Å². The first-order valence-corrected chi connectivity index (χ1v) is 16.5. The molecule has 0 radical (unpaired) electrons. The summed E-state index contributed by atoms with van der Waals surface area (Å²) in [6, 6.07) is 25.5. The Morgan fingerprint density at radius 3 is 2.64 bits per heavy atom. The highest BCUT2D eigenvalue weighted by Crippen LogP contribution is 2.42. The molecule has 0 spiro atoms. The Bertz CT molecular complexity index is 2000. The van der Waals surface area contributed by atoms with E-state index in [1.165, 1.54) is 18.2 Å². The van der Waals surface area contributed by atoms with Gasteiger partial charge in [-0.05, 0) is 106 Å². The van der Waals surface area contributed by atoms with Crippen molar-refractivity contribution in [1.29, 1.82) is 0 Å². The van der Waals surface area contributed by atoms with E-state index in [4.69, 9.17) is 24.3 Å². The molecule has 0 amide bonds. The first kappa shape index (κ1) is 30.9. The Balaban J connectivity index is 1.52. The van der Waals surface area contributed by atoms with E-state index >= 15 is 0 Å². The minimum absolute atomic E-state index is 0.304. The molecule has 7 rings (SSSR count). The van der Waals surface area contributed by atoms with E-state index in [1.54, 1.807) is 0 Å². The van der Waals surface area contributed by atoms with Crippen LogP contribution < -0.4 is 4.74 Å². The quantitative estimate of drug-likeness (QED) is 0.147. The zero-order valence-corrected chi connectivity index (χ0v) is 27.7. The van der Waals surface area contributed by atoms with Crippen LogP contribution in [0.25, 0.3) is 39.3 Å². The maximum absolute atomic E-state index is 13.5. The lowest BCUT2D eigenvalue weighted by atomic mass is 9.87. The minimum Gasteiger partial charge on any atom is -0.493 e. The number of fused-ring (bicyclic) bond motifs is 8. The van der Waals surface area contributed by atoms with E-state index in [0.29, 0.717) is 29.4 Å². The monoisotopic (exact) mass is 627 g/mol. The number of esters is 1. The van der Waals surface area contributed by atoms with Crippen molar-refractivity contribution in [2.45, 2.75) is 71.0 Å². The fourth-order valence-corrected chi connectivity index (χ4v) is 6.89. The topological polar surface area (TPSA) is 75.0 Å². The van der Waals surface area contributed by atoms with E-state index in [-0.39, 0.29) is 0 Å². The molecule has 2 aromatic heterocycles. The molecule has 47 heavy (non-hydrogen) atoms. The molecule has 2 aliphatic rings. The van der Waals surface area contributed by atoms with Gasteiger partial charge in [-0.25, -0.2) is 14.3 Å². The van der Waals surface area contributed by atoms with Gasteiger partial charge in [-0.15, -0.1) is 0 Å². The third-order valence-corrected chi connectivity index (χ3v) is 9.08. The Labute approximate surface area is 276 Å². The van der Waals surface area contributed by atoms with E-state index in [0.717, 1.165) is 65.1 Å². The molecule has 2 aliphatic heterocycles. The van der Waals surface area contributed by atoms with Gasteiger partial charge < -0.3 is 14.2 Å². The van der Waals surface area contributed by atoms with Gasteiger partial charge in [0.05, 0.1) is 30.7 Å². The summed E-state index contributed by atoms with van der Waals surface area (Å²) in [5, 5.41) is 5.19. The molecule has 240 valence electrons. The fourth-order valence-electron chi connectivity index (χ4n) is 6.89. The van der Waals surface area contributed by atoms with Gasteiger partial charge in [0.25, 0.3) is 0 Å². The number of rotatable bonds is 3. The van der Waals surface area contributed by atoms with Gasteiger partial charge in [-0.2, -0.15) is 5.10 Å². The zero-order valence-electron chi connectivity index (χ0n) is 27.7. The van der Waals surface area contributed by atoms with Crippen molar-refractivity contribution in [2.75, 3.05) is 13.7 Å². The number of hydrogen-bond donors (Lipinski definition) is 0. The lowest BCUT2D eigenvalue weighted by molar-refractivity contribution is -0.164. The summed E-state index contributed by atoms with van der Waals surface area (Å²) in [6.07, 6.45) is 7.42. The molecule has 5 aromatic rings. The first-order chi connectivity index (χ1) is 22.7. The summed E-state index contributed by atoms with van der Waals surface area (Å²) >= 11 is 0. The van der Waals surface area contributed by atoms with Gasteiger partial charge in [-0.3, -0.25) is 0 Å². The van der Waals surface area contributed by atoms with Crippen molar-refractivity contribution >= 4 is 11.6 Å². The average Bonchev–Trinajstić information content (AvgIpc) is 3.49. The molecule has 0 saturated heterocycles. The van der Waals surface area contributed by atoms with E-state index in [2.05, 4.69) is 72.8 Å². The second-order valence-electron chi connectivity index (χ2n) is 13.5. The van der Waals surface area contributed by atoms with Crippen LogP contribution in [0.2, 0.25) is 0 Å². The van der Waals surface area contributed by atoms with E-state index in [1.807, 2.05) is 44.3 Å². The fraction of sp³-hybridized carbons (Fsp3) is 0.325. The Morgan fingerprint density at radius 2 is 1.81 bits per heavy atom. The van der Waals surface area contributed by atoms with Crippen LogP contribution in [0.3, 0.4) is 0 Å². The normalized spacial score (nSPS) is 16.6. The first-order valence-electron chi connectivity index (χ1n) is 16.5. The molecule has 0 saturated carbocycles. The van der Waals surface area contributed by atoms with Crippen LogP contribution in [-0.2, 0) is 20.7 Å². The van der Waals surface area contributed by atoms with E-state index < -0.39 is 17.7 Å². The minimum atomic E-state index is -1.01. The molecule has 0 N–H and O–H groups in total. The average molecular weight is 628 g/mol. The molecule has 7 nitrogen and oxygen atoms in total. The number of ether oxygens (including phenoxy) is 3. The van der Waals surface area contributed by atoms with Crippen molar-refractivity contribution in [3.05, 3.63) is 107 Å². The zero-order chi connectivity index (χ0) is 32.7. The molecule has 3 aromatic carbocycles. The predicted octanol–water partition coefficient (Wildman–Crippen LogP) is 8.83. The number of methoxy groups -OCH3 is 1. The lowest BCUT2D eigenvalue weighted by Crippen LogP contribution is -2.30. The lowest BCUT2D eigenvalue weighted by Gasteiger charge is -2.29. The van der Waals surface area contributed by atoms with Crippen LogP contribution in [0, 0.1) is 6.92 Å². The number of allylic oxidation sites excluding steroid dienone is 2. The molecule has 6 bridgehead atoms. The number of carbonyl (C=O) groups excluding carboxylic acids is 1. The van der Waals surface area contributed by atoms with Gasteiger partial charge in [0.1, 0.15) is 5.75 Å². The summed E-state index contributed by atoms with van der Waals surface area (Å²) < 4.78 is 19.8. The SMILES string of the molecule is COC(=O)[C@@H](OC(C)(C)C)c1c(C)nc2cc3nn2c1-c1ccc2c(c1)C(CC=CCCc1ccccc1-c1cccc-3c1)CCO2. The number of nitrogens with zero attached hydrogens (tertiary/aromatic N) is 3. The Hall–Kier alpha value is -4.75. The molecular weight excluding hydrogens is 586 g/mol. The number of hydrogen-bond acceptors (Lipinski definition) is 6. The summed E-state index contributed by atoms with van der Waals surface area (Å²) in [7, 11) is 1.39. The highest BCUT2D eigenvalue weighted by atomic mass is 16.6. The molecule has 0 aliphatic carbocycles. The van der Waals surface area contributed by atoms with Crippen molar-refractivity contribution < 1.29 is 19.0 Å². The number of aromatic nitrogens is 3. The smallest absolute Gasteiger partial charge is 0.339 e. The maximum atomic E-state index is 13.5. The van der Waals surface area contributed by atoms with E-state index in [9.17, 15) is 4.79 Å². The predicted molar refractivity (Wildman–Crippen MR) is 185 cm³/mol. The molecule has 0 fully saturated rings. The second-order valence-corrected chi connectivity index (χ2v) is 13.5. The van der Waals surface area contributed by atoms with Crippen LogP contribution in [0.15, 0.2) is 84.9 Å². The van der Waals surface area contributed by atoms with Gasteiger partial charge in [0.2, 0.25) is 0 Å². The number of aryl methyl sites for hydroxylation is 2. The summed E-state index contributed by atoms with van der Waals surface area (Å²) in [5.41, 5.74) is 9.69. The molecule has 7 heteroatoms. The van der Waals surface area contributed by atoms with Crippen LogP contribution in [0.4, 0.5) is 0 Å². The largest absolute Gasteiger partial charge is 0.493 e. The molecular formula is C40H41N3O4. The molecule has 4 heterocycles. The highest BCUT2D eigenvalue weighted by Gasteiger charge is 2.34. The van der Waals surface area contributed by atoms with Crippen LogP contribution >= 0.6 is 0 Å². The third-order valence-electron chi connectivity index (χ3n) is 9.08. The highest BCUT2D eigenvalue weighted by molar-refractivity contribution is 5.83. The number of carbonyl (C=O) groups is 1. The van der Waals surface area contributed by atoms with Crippen LogP contribution in [0.1, 0.15) is 74.4 Å². The van der Waals surface area contributed by atoms with Gasteiger partial charge in [0.15, 0.2) is 11.8 Å². The Morgan fingerprint density at radius 1 is 0.979 bits per heavy atom. The van der Waals surface area contributed by atoms with Crippen LogP contribution in [-0.4, -0.2) is 39.9 Å². The summed E-state index contributed by atoms with van der Waals surface area (Å²) in [4.78, 5) is 18.5. The van der Waals surface area contributed by atoms with Crippen molar-refractivity contribution in [3.8, 4) is 39.4 Å². The second kappa shape index (κ2) is 12.5. The molecule has 2 atom stereocenters.